The molecule has 2 fully saturated rings. The molecule has 0 spiro atoms. The normalized spacial score (nSPS) is 22.4. The van der Waals surface area contributed by atoms with Gasteiger partial charge in [0.05, 0.1) is 12.6 Å². The highest BCUT2D eigenvalue weighted by atomic mass is 16.2. The summed E-state index contributed by atoms with van der Waals surface area (Å²) in [5.41, 5.74) is -0.767. The molecule has 0 saturated heterocycles. The zero-order chi connectivity index (χ0) is 16.2. The molecule has 124 valence electrons. The van der Waals surface area contributed by atoms with Gasteiger partial charge in [-0.2, -0.15) is 5.26 Å². The summed E-state index contributed by atoms with van der Waals surface area (Å²) in [6.45, 7) is 7.28. The molecule has 0 radical (unpaired) electrons. The predicted octanol–water partition coefficient (Wildman–Crippen LogP) is 3.09. The Hall–Kier alpha value is -1.08. The topological polar surface area (TPSA) is 56.1 Å². The van der Waals surface area contributed by atoms with Crippen molar-refractivity contribution in [1.29, 1.82) is 5.26 Å². The molecule has 0 aromatic carbocycles. The summed E-state index contributed by atoms with van der Waals surface area (Å²) in [6.07, 6.45) is 9.12. The molecule has 1 N–H and O–H groups in total. The molecule has 2 saturated carbocycles. The van der Waals surface area contributed by atoms with E-state index in [1.54, 1.807) is 0 Å². The lowest BCUT2D eigenvalue weighted by atomic mass is 9.88. The zero-order valence-electron chi connectivity index (χ0n) is 14.4. The van der Waals surface area contributed by atoms with Crippen molar-refractivity contribution in [3.05, 3.63) is 0 Å². The SMILES string of the molecule is CC(C)C(C)(C#N)NC(=O)CN(CC1CCCCC1)C1CC1. The third-order valence-corrected chi connectivity index (χ3v) is 5.41. The molecule has 0 aliphatic heterocycles. The first-order chi connectivity index (χ1) is 10.4. The van der Waals surface area contributed by atoms with Gasteiger partial charge in [0.15, 0.2) is 0 Å². The Balaban J connectivity index is 1.87. The second kappa shape index (κ2) is 7.46. The summed E-state index contributed by atoms with van der Waals surface area (Å²) < 4.78 is 0. The zero-order valence-corrected chi connectivity index (χ0v) is 14.4. The summed E-state index contributed by atoms with van der Waals surface area (Å²) in [7, 11) is 0. The second-order valence-corrected chi connectivity index (χ2v) is 7.68. The first-order valence-electron chi connectivity index (χ1n) is 8.91. The van der Waals surface area contributed by atoms with Gasteiger partial charge in [0, 0.05) is 12.6 Å². The lowest BCUT2D eigenvalue weighted by Gasteiger charge is -2.32. The standard InChI is InChI=1S/C18H31N3O/c1-14(2)18(3,13-19)20-17(22)12-21(16-9-10-16)11-15-7-5-4-6-8-15/h14-16H,4-12H2,1-3H3,(H,20,22). The van der Waals surface area contributed by atoms with Crippen LogP contribution in [-0.2, 0) is 4.79 Å². The van der Waals surface area contributed by atoms with Crippen LogP contribution in [0.2, 0.25) is 0 Å². The maximum atomic E-state index is 12.4. The number of amides is 1. The summed E-state index contributed by atoms with van der Waals surface area (Å²) in [5.74, 6) is 0.865. The van der Waals surface area contributed by atoms with Crippen LogP contribution in [0.5, 0.6) is 0 Å². The second-order valence-electron chi connectivity index (χ2n) is 7.68. The van der Waals surface area contributed by atoms with E-state index in [2.05, 4.69) is 16.3 Å². The van der Waals surface area contributed by atoms with E-state index >= 15 is 0 Å². The highest BCUT2D eigenvalue weighted by Gasteiger charge is 2.35. The molecule has 1 unspecified atom stereocenters. The fraction of sp³-hybridized carbons (Fsp3) is 0.889. The monoisotopic (exact) mass is 305 g/mol. The number of rotatable bonds is 7. The van der Waals surface area contributed by atoms with Gasteiger partial charge in [-0.1, -0.05) is 33.1 Å². The third-order valence-electron chi connectivity index (χ3n) is 5.41. The highest BCUT2D eigenvalue weighted by molar-refractivity contribution is 5.79. The minimum atomic E-state index is -0.767. The Kier molecular flexibility index (Phi) is 5.86. The van der Waals surface area contributed by atoms with E-state index in [0.717, 1.165) is 12.5 Å². The maximum absolute atomic E-state index is 12.4. The Labute approximate surface area is 135 Å². The molecule has 0 heterocycles. The minimum absolute atomic E-state index is 0.000425. The molecular weight excluding hydrogens is 274 g/mol. The van der Waals surface area contributed by atoms with E-state index in [0.29, 0.717) is 12.6 Å². The number of hydrogen-bond acceptors (Lipinski definition) is 3. The Morgan fingerprint density at radius 1 is 1.27 bits per heavy atom. The van der Waals surface area contributed by atoms with Crippen LogP contribution in [0.1, 0.15) is 65.7 Å². The van der Waals surface area contributed by atoms with Crippen LogP contribution in [0.4, 0.5) is 0 Å². The van der Waals surface area contributed by atoms with Crippen molar-refractivity contribution in [2.24, 2.45) is 11.8 Å². The number of nitrogens with one attached hydrogen (secondary N) is 1. The van der Waals surface area contributed by atoms with Crippen molar-refractivity contribution >= 4 is 5.91 Å². The summed E-state index contributed by atoms with van der Waals surface area (Å²) in [5, 5.41) is 12.3. The fourth-order valence-electron chi connectivity index (χ4n) is 3.30. The van der Waals surface area contributed by atoms with Crippen LogP contribution >= 0.6 is 0 Å². The molecule has 4 heteroatoms. The van der Waals surface area contributed by atoms with Crippen molar-refractivity contribution in [2.45, 2.75) is 77.3 Å². The summed E-state index contributed by atoms with van der Waals surface area (Å²) >= 11 is 0. The van der Waals surface area contributed by atoms with Gasteiger partial charge in [0.2, 0.25) is 5.91 Å². The molecule has 0 aromatic rings. The Morgan fingerprint density at radius 2 is 1.91 bits per heavy atom. The number of nitriles is 1. The number of carbonyl (C=O) groups is 1. The van der Waals surface area contributed by atoms with E-state index in [9.17, 15) is 10.1 Å². The van der Waals surface area contributed by atoms with E-state index < -0.39 is 5.54 Å². The van der Waals surface area contributed by atoms with Crippen molar-refractivity contribution < 1.29 is 4.79 Å². The fourth-order valence-corrected chi connectivity index (χ4v) is 3.30. The smallest absolute Gasteiger partial charge is 0.235 e. The third kappa shape index (κ3) is 4.71. The average molecular weight is 305 g/mol. The lowest BCUT2D eigenvalue weighted by Crippen LogP contribution is -2.52. The molecule has 22 heavy (non-hydrogen) atoms. The first kappa shape index (κ1) is 17.3. The van der Waals surface area contributed by atoms with Gasteiger partial charge < -0.3 is 5.32 Å². The molecule has 1 amide bonds. The van der Waals surface area contributed by atoms with Crippen molar-refractivity contribution in [3.63, 3.8) is 0 Å². The number of nitrogens with zero attached hydrogens (tertiary/aromatic N) is 2. The Morgan fingerprint density at radius 3 is 2.41 bits per heavy atom. The summed E-state index contributed by atoms with van der Waals surface area (Å²) in [6, 6.07) is 2.86. The van der Waals surface area contributed by atoms with Gasteiger partial charge in [-0.05, 0) is 44.4 Å². The quantitative estimate of drug-likeness (QED) is 0.786. The van der Waals surface area contributed by atoms with Crippen LogP contribution in [0, 0.1) is 23.2 Å². The largest absolute Gasteiger partial charge is 0.337 e. The van der Waals surface area contributed by atoms with Gasteiger partial charge in [0.25, 0.3) is 0 Å². The number of hydrogen-bond donors (Lipinski definition) is 1. The average Bonchev–Trinajstić information content (AvgIpc) is 3.32. The van der Waals surface area contributed by atoms with Crippen LogP contribution in [0.3, 0.4) is 0 Å². The minimum Gasteiger partial charge on any atom is -0.337 e. The van der Waals surface area contributed by atoms with Crippen LogP contribution in [0.25, 0.3) is 0 Å². The van der Waals surface area contributed by atoms with Gasteiger partial charge >= 0.3 is 0 Å². The van der Waals surface area contributed by atoms with E-state index in [1.165, 1.54) is 44.9 Å². The van der Waals surface area contributed by atoms with Gasteiger partial charge in [-0.15, -0.1) is 0 Å². The molecule has 0 bridgehead atoms. The van der Waals surface area contributed by atoms with Gasteiger partial charge in [-0.25, -0.2) is 0 Å². The molecule has 4 nitrogen and oxygen atoms in total. The number of carbonyl (C=O) groups excluding carboxylic acids is 1. The highest BCUT2D eigenvalue weighted by Crippen LogP contribution is 2.31. The van der Waals surface area contributed by atoms with E-state index in [-0.39, 0.29) is 11.8 Å². The van der Waals surface area contributed by atoms with Gasteiger partial charge in [0.1, 0.15) is 5.54 Å². The molecular formula is C18H31N3O. The summed E-state index contributed by atoms with van der Waals surface area (Å²) in [4.78, 5) is 14.8. The first-order valence-corrected chi connectivity index (χ1v) is 8.91. The molecule has 2 rings (SSSR count). The van der Waals surface area contributed by atoms with E-state index in [4.69, 9.17) is 0 Å². The van der Waals surface area contributed by atoms with E-state index in [1.807, 2.05) is 20.8 Å². The maximum Gasteiger partial charge on any atom is 0.235 e. The van der Waals surface area contributed by atoms with Crippen LogP contribution in [0.15, 0.2) is 0 Å². The molecule has 1 atom stereocenters. The van der Waals surface area contributed by atoms with Crippen molar-refractivity contribution in [1.82, 2.24) is 10.2 Å². The Bertz CT molecular complexity index is 419. The van der Waals surface area contributed by atoms with Crippen LogP contribution < -0.4 is 5.32 Å². The molecule has 2 aliphatic rings. The van der Waals surface area contributed by atoms with Crippen molar-refractivity contribution in [2.75, 3.05) is 13.1 Å². The predicted molar refractivity (Wildman–Crippen MR) is 88.2 cm³/mol. The lowest BCUT2D eigenvalue weighted by molar-refractivity contribution is -0.124. The van der Waals surface area contributed by atoms with Crippen molar-refractivity contribution in [3.8, 4) is 6.07 Å². The van der Waals surface area contributed by atoms with Gasteiger partial charge in [-0.3, -0.25) is 9.69 Å². The molecule has 2 aliphatic carbocycles. The van der Waals surface area contributed by atoms with Crippen LogP contribution in [-0.4, -0.2) is 35.5 Å². The molecule has 0 aromatic heterocycles.